The van der Waals surface area contributed by atoms with Crippen LogP contribution in [0.2, 0.25) is 10.0 Å². The van der Waals surface area contributed by atoms with Crippen molar-refractivity contribution in [1.82, 2.24) is 10.4 Å². The van der Waals surface area contributed by atoms with Gasteiger partial charge in [-0.3, -0.25) is 0 Å². The van der Waals surface area contributed by atoms with E-state index in [-0.39, 0.29) is 0 Å². The van der Waals surface area contributed by atoms with E-state index >= 15 is 0 Å². The van der Waals surface area contributed by atoms with Crippen molar-refractivity contribution < 1.29 is 0 Å². The fourth-order valence-electron chi connectivity index (χ4n) is 2.40. The summed E-state index contributed by atoms with van der Waals surface area (Å²) in [7, 11) is 0. The van der Waals surface area contributed by atoms with Crippen LogP contribution in [-0.2, 0) is 6.54 Å². The Kier molecular flexibility index (Phi) is 4.36. The molecule has 0 aliphatic heterocycles. The van der Waals surface area contributed by atoms with Gasteiger partial charge in [-0.2, -0.15) is 5.10 Å². The third kappa shape index (κ3) is 2.96. The van der Waals surface area contributed by atoms with Gasteiger partial charge in [-0.15, -0.1) is 0 Å². The highest BCUT2D eigenvalue weighted by molar-refractivity contribution is 6.35. The van der Waals surface area contributed by atoms with E-state index in [1.807, 2.05) is 43.5 Å². The number of nitrogens with zero attached hydrogens (tertiary/aromatic N) is 1. The van der Waals surface area contributed by atoms with E-state index in [0.717, 1.165) is 27.7 Å². The SMILES string of the molecule is Cc1[nH]c2ccccc2c1/C=N/NCc1c(Cl)cccc1Cl. The van der Waals surface area contributed by atoms with Crippen LogP contribution < -0.4 is 5.43 Å². The highest BCUT2D eigenvalue weighted by atomic mass is 35.5. The Hall–Kier alpha value is -1.97. The predicted octanol–water partition coefficient (Wildman–Crippen LogP) is 4.91. The van der Waals surface area contributed by atoms with Crippen molar-refractivity contribution in [3.05, 3.63) is 69.3 Å². The van der Waals surface area contributed by atoms with E-state index in [1.165, 1.54) is 0 Å². The molecule has 0 fully saturated rings. The zero-order valence-electron chi connectivity index (χ0n) is 12.0. The Balaban J connectivity index is 1.76. The van der Waals surface area contributed by atoms with Crippen LogP contribution in [0.3, 0.4) is 0 Å². The summed E-state index contributed by atoms with van der Waals surface area (Å²) < 4.78 is 0. The Morgan fingerprint density at radius 1 is 1.09 bits per heavy atom. The molecule has 0 unspecified atom stereocenters. The molecule has 3 rings (SSSR count). The molecule has 3 aromatic rings. The molecule has 3 nitrogen and oxygen atoms in total. The maximum Gasteiger partial charge on any atom is 0.0609 e. The van der Waals surface area contributed by atoms with Crippen LogP contribution in [0.4, 0.5) is 0 Å². The summed E-state index contributed by atoms with van der Waals surface area (Å²) in [5, 5.41) is 6.72. The number of rotatable bonds is 4. The maximum absolute atomic E-state index is 6.13. The van der Waals surface area contributed by atoms with Crippen LogP contribution in [0.5, 0.6) is 0 Å². The van der Waals surface area contributed by atoms with Gasteiger partial charge >= 0.3 is 0 Å². The fraction of sp³-hybridized carbons (Fsp3) is 0.118. The lowest BCUT2D eigenvalue weighted by Gasteiger charge is -2.05. The van der Waals surface area contributed by atoms with Crippen molar-refractivity contribution in [2.24, 2.45) is 5.10 Å². The first-order chi connectivity index (χ1) is 10.7. The van der Waals surface area contributed by atoms with Gasteiger partial charge in [0, 0.05) is 37.8 Å². The van der Waals surface area contributed by atoms with E-state index < -0.39 is 0 Å². The van der Waals surface area contributed by atoms with Gasteiger partial charge in [0.15, 0.2) is 0 Å². The topological polar surface area (TPSA) is 40.2 Å². The van der Waals surface area contributed by atoms with Crippen LogP contribution in [0, 0.1) is 6.92 Å². The molecule has 22 heavy (non-hydrogen) atoms. The molecule has 0 atom stereocenters. The van der Waals surface area contributed by atoms with Gasteiger partial charge in [0.2, 0.25) is 0 Å². The Bertz CT molecular complexity index is 817. The van der Waals surface area contributed by atoms with Gasteiger partial charge in [0.25, 0.3) is 0 Å². The normalized spacial score (nSPS) is 11.4. The lowest BCUT2D eigenvalue weighted by Crippen LogP contribution is -2.06. The van der Waals surface area contributed by atoms with E-state index in [2.05, 4.69) is 27.6 Å². The smallest absolute Gasteiger partial charge is 0.0609 e. The lowest BCUT2D eigenvalue weighted by atomic mass is 10.1. The number of para-hydroxylation sites is 1. The molecule has 112 valence electrons. The molecular weight excluding hydrogens is 317 g/mol. The number of H-pyrrole nitrogens is 1. The van der Waals surface area contributed by atoms with Crippen LogP contribution in [0.1, 0.15) is 16.8 Å². The number of aromatic amines is 1. The van der Waals surface area contributed by atoms with E-state index in [9.17, 15) is 0 Å². The molecule has 0 radical (unpaired) electrons. The van der Waals surface area contributed by atoms with Crippen LogP contribution >= 0.6 is 23.2 Å². The minimum absolute atomic E-state index is 0.483. The number of benzene rings is 2. The number of aromatic nitrogens is 1. The molecular formula is C17H15Cl2N3. The van der Waals surface area contributed by atoms with E-state index in [1.54, 1.807) is 0 Å². The third-order valence-electron chi connectivity index (χ3n) is 3.55. The van der Waals surface area contributed by atoms with Gasteiger partial charge in [0.1, 0.15) is 0 Å². The van der Waals surface area contributed by atoms with Gasteiger partial charge in [-0.1, -0.05) is 47.5 Å². The summed E-state index contributed by atoms with van der Waals surface area (Å²) in [6, 6.07) is 13.6. The molecule has 0 saturated heterocycles. The minimum atomic E-state index is 0.483. The second-order valence-electron chi connectivity index (χ2n) is 5.00. The van der Waals surface area contributed by atoms with E-state index in [4.69, 9.17) is 23.2 Å². The van der Waals surface area contributed by atoms with E-state index in [0.29, 0.717) is 16.6 Å². The second kappa shape index (κ2) is 6.42. The third-order valence-corrected chi connectivity index (χ3v) is 4.25. The predicted molar refractivity (Wildman–Crippen MR) is 93.9 cm³/mol. The Labute approximate surface area is 138 Å². The molecule has 0 spiro atoms. The number of nitrogens with one attached hydrogen (secondary N) is 2. The molecule has 1 heterocycles. The first kappa shape index (κ1) is 14.9. The molecule has 0 aliphatic rings. The Morgan fingerprint density at radius 3 is 2.59 bits per heavy atom. The molecule has 0 amide bonds. The summed E-state index contributed by atoms with van der Waals surface area (Å²) in [4.78, 5) is 3.34. The van der Waals surface area contributed by atoms with Crippen molar-refractivity contribution in [2.45, 2.75) is 13.5 Å². The van der Waals surface area contributed by atoms with Crippen LogP contribution in [0.15, 0.2) is 47.6 Å². The zero-order valence-corrected chi connectivity index (χ0v) is 13.5. The monoisotopic (exact) mass is 331 g/mol. The van der Waals surface area contributed by atoms with Crippen molar-refractivity contribution >= 4 is 40.3 Å². The molecule has 0 bridgehead atoms. The lowest BCUT2D eigenvalue weighted by molar-refractivity contribution is 0.748. The average molecular weight is 332 g/mol. The number of hydrogen-bond acceptors (Lipinski definition) is 2. The number of fused-ring (bicyclic) bond motifs is 1. The maximum atomic E-state index is 6.13. The van der Waals surface area contributed by atoms with Crippen molar-refractivity contribution in [2.75, 3.05) is 0 Å². The average Bonchev–Trinajstić information content (AvgIpc) is 2.82. The summed E-state index contributed by atoms with van der Waals surface area (Å²) in [6.07, 6.45) is 1.82. The molecule has 2 N–H and O–H groups in total. The Morgan fingerprint density at radius 2 is 1.82 bits per heavy atom. The van der Waals surface area contributed by atoms with Crippen molar-refractivity contribution in [1.29, 1.82) is 0 Å². The fourth-order valence-corrected chi connectivity index (χ4v) is 2.93. The first-order valence-electron chi connectivity index (χ1n) is 6.93. The standard InChI is InChI=1S/C17H15Cl2N3/c1-11-13(12-5-2-3-8-17(12)22-11)9-20-21-10-14-15(18)6-4-7-16(14)19/h2-9,21-22H,10H2,1H3/b20-9+. The molecule has 2 aromatic carbocycles. The number of halogens is 2. The highest BCUT2D eigenvalue weighted by Crippen LogP contribution is 2.24. The van der Waals surface area contributed by atoms with Gasteiger partial charge in [-0.25, -0.2) is 0 Å². The number of aryl methyl sites for hydroxylation is 1. The van der Waals surface area contributed by atoms with Crippen molar-refractivity contribution in [3.63, 3.8) is 0 Å². The first-order valence-corrected chi connectivity index (χ1v) is 7.68. The number of hydrazone groups is 1. The van der Waals surface area contributed by atoms with Crippen LogP contribution in [-0.4, -0.2) is 11.2 Å². The number of hydrogen-bond donors (Lipinski definition) is 2. The summed E-state index contributed by atoms with van der Waals surface area (Å²) in [5.74, 6) is 0. The molecule has 0 aliphatic carbocycles. The molecule has 0 saturated carbocycles. The highest BCUT2D eigenvalue weighted by Gasteiger charge is 2.06. The largest absolute Gasteiger partial charge is 0.358 e. The quantitative estimate of drug-likeness (QED) is 0.517. The minimum Gasteiger partial charge on any atom is -0.358 e. The summed E-state index contributed by atoms with van der Waals surface area (Å²) in [6.45, 7) is 2.52. The van der Waals surface area contributed by atoms with Crippen LogP contribution in [0.25, 0.3) is 10.9 Å². The van der Waals surface area contributed by atoms with Gasteiger partial charge < -0.3 is 10.4 Å². The van der Waals surface area contributed by atoms with Crippen molar-refractivity contribution in [3.8, 4) is 0 Å². The second-order valence-corrected chi connectivity index (χ2v) is 5.82. The zero-order chi connectivity index (χ0) is 15.5. The molecule has 5 heteroatoms. The summed E-state index contributed by atoms with van der Waals surface area (Å²) in [5.41, 5.74) is 7.12. The van der Waals surface area contributed by atoms with Gasteiger partial charge in [-0.05, 0) is 25.1 Å². The van der Waals surface area contributed by atoms with Gasteiger partial charge in [0.05, 0.1) is 12.8 Å². The molecule has 1 aromatic heterocycles. The summed E-state index contributed by atoms with van der Waals surface area (Å²) >= 11 is 12.3.